The highest BCUT2D eigenvalue weighted by atomic mass is 79.9. The Balaban J connectivity index is 1.70. The molecule has 6 heteroatoms. The van der Waals surface area contributed by atoms with Crippen molar-refractivity contribution in [3.63, 3.8) is 0 Å². The molecule has 0 aliphatic carbocycles. The third-order valence-corrected chi connectivity index (χ3v) is 3.08. The molecule has 0 aliphatic heterocycles. The fraction of sp³-hybridized carbons (Fsp3) is 0.286. The Morgan fingerprint density at radius 2 is 2.15 bits per heavy atom. The lowest BCUT2D eigenvalue weighted by atomic mass is 10.3. The monoisotopic (exact) mass is 344 g/mol. The van der Waals surface area contributed by atoms with Crippen LogP contribution in [0.5, 0.6) is 5.75 Å². The minimum Gasteiger partial charge on any atom is -0.490 e. The van der Waals surface area contributed by atoms with Crippen molar-refractivity contribution in [1.29, 1.82) is 0 Å². The zero-order chi connectivity index (χ0) is 14.4. The topological polar surface area (TPSA) is 51.8 Å². The highest BCUT2D eigenvalue weighted by Gasteiger charge is 2.09. The normalized spacial score (nSPS) is 12.3. The first-order valence-corrected chi connectivity index (χ1v) is 6.80. The number of halogens is 2. The van der Waals surface area contributed by atoms with Crippen molar-refractivity contribution in [2.24, 2.45) is 0 Å². The summed E-state index contributed by atoms with van der Waals surface area (Å²) in [4.78, 5) is 0. The Hall–Kier alpha value is -1.37. The van der Waals surface area contributed by atoms with Gasteiger partial charge >= 0.3 is 0 Å². The van der Waals surface area contributed by atoms with Crippen LogP contribution in [-0.4, -0.2) is 24.4 Å². The van der Waals surface area contributed by atoms with Crippen LogP contribution < -0.4 is 4.74 Å². The van der Waals surface area contributed by atoms with Gasteiger partial charge < -0.3 is 19.0 Å². The maximum atomic E-state index is 12.9. The molecule has 0 saturated carbocycles. The average Bonchev–Trinajstić information content (AvgIpc) is 2.91. The van der Waals surface area contributed by atoms with Gasteiger partial charge in [0.15, 0.2) is 0 Å². The van der Waals surface area contributed by atoms with Gasteiger partial charge in [-0.1, -0.05) is 0 Å². The number of furan rings is 1. The van der Waals surface area contributed by atoms with Gasteiger partial charge in [0, 0.05) is 0 Å². The Morgan fingerprint density at radius 1 is 1.30 bits per heavy atom. The minimum absolute atomic E-state index is 0.0579. The summed E-state index contributed by atoms with van der Waals surface area (Å²) in [6.45, 7) is 0.478. The van der Waals surface area contributed by atoms with E-state index in [1.165, 1.54) is 18.2 Å². The molecule has 0 fully saturated rings. The minimum atomic E-state index is -0.776. The molecular formula is C14H14BrFO4. The third-order valence-electron chi connectivity index (χ3n) is 2.46. The maximum absolute atomic E-state index is 12.9. The Kier molecular flexibility index (Phi) is 5.58. The maximum Gasteiger partial charge on any atom is 0.133 e. The summed E-state index contributed by atoms with van der Waals surface area (Å²) in [5.41, 5.74) is 0. The van der Waals surface area contributed by atoms with Crippen molar-refractivity contribution in [3.8, 4) is 5.75 Å². The van der Waals surface area contributed by atoms with Crippen molar-refractivity contribution < 1.29 is 23.4 Å². The zero-order valence-corrected chi connectivity index (χ0v) is 12.2. The Bertz CT molecular complexity index is 530. The van der Waals surface area contributed by atoms with Crippen LogP contribution in [0.15, 0.2) is 45.5 Å². The molecule has 0 amide bonds. The molecule has 1 N–H and O–H groups in total. The molecule has 1 aromatic heterocycles. The number of benzene rings is 1. The Morgan fingerprint density at radius 3 is 2.85 bits per heavy atom. The molecule has 0 saturated heterocycles. The lowest BCUT2D eigenvalue weighted by Gasteiger charge is -2.13. The van der Waals surface area contributed by atoms with Crippen LogP contribution in [-0.2, 0) is 11.3 Å². The molecule has 2 rings (SSSR count). The van der Waals surface area contributed by atoms with Crippen molar-refractivity contribution in [2.45, 2.75) is 12.7 Å². The van der Waals surface area contributed by atoms with E-state index in [0.717, 1.165) is 0 Å². The molecule has 0 spiro atoms. The van der Waals surface area contributed by atoms with Gasteiger partial charge in [-0.25, -0.2) is 4.39 Å². The van der Waals surface area contributed by atoms with Gasteiger partial charge in [-0.15, -0.1) is 0 Å². The van der Waals surface area contributed by atoms with E-state index in [-0.39, 0.29) is 19.0 Å². The van der Waals surface area contributed by atoms with Gasteiger partial charge in [-0.2, -0.15) is 0 Å². The molecule has 108 valence electrons. The zero-order valence-electron chi connectivity index (χ0n) is 10.6. The second-order valence-electron chi connectivity index (χ2n) is 4.13. The van der Waals surface area contributed by atoms with E-state index in [4.69, 9.17) is 13.9 Å². The predicted octanol–water partition coefficient (Wildman–Crippen LogP) is 3.14. The Labute approximate surface area is 124 Å². The van der Waals surface area contributed by atoms with Crippen LogP contribution in [0.25, 0.3) is 0 Å². The van der Waals surface area contributed by atoms with E-state index in [2.05, 4.69) is 15.9 Å². The fourth-order valence-corrected chi connectivity index (χ4v) is 1.98. The largest absolute Gasteiger partial charge is 0.490 e. The molecule has 0 aliphatic rings. The van der Waals surface area contributed by atoms with Crippen LogP contribution >= 0.6 is 15.9 Å². The number of hydrogen-bond acceptors (Lipinski definition) is 4. The van der Waals surface area contributed by atoms with Gasteiger partial charge in [-0.05, 0) is 46.3 Å². The number of hydrogen-bond donors (Lipinski definition) is 1. The molecule has 20 heavy (non-hydrogen) atoms. The van der Waals surface area contributed by atoms with Crippen LogP contribution in [0, 0.1) is 5.82 Å². The van der Waals surface area contributed by atoms with Crippen LogP contribution in [0.1, 0.15) is 5.76 Å². The summed E-state index contributed by atoms with van der Waals surface area (Å²) >= 11 is 3.19. The summed E-state index contributed by atoms with van der Waals surface area (Å²) < 4.78 is 29.1. The fourth-order valence-electron chi connectivity index (χ4n) is 1.52. The number of aliphatic hydroxyl groups excluding tert-OH is 1. The average molecular weight is 345 g/mol. The lowest BCUT2D eigenvalue weighted by Crippen LogP contribution is -2.23. The second kappa shape index (κ2) is 7.42. The van der Waals surface area contributed by atoms with Crippen molar-refractivity contribution in [2.75, 3.05) is 13.2 Å². The van der Waals surface area contributed by atoms with E-state index in [9.17, 15) is 9.50 Å². The number of aliphatic hydroxyl groups is 1. The standard InChI is InChI=1S/C14H14BrFO4/c15-13-6-10(16)3-4-14(13)20-8-11(17)7-18-9-12-2-1-5-19-12/h1-6,11,17H,7-9H2. The van der Waals surface area contributed by atoms with E-state index in [1.807, 2.05) is 0 Å². The van der Waals surface area contributed by atoms with Crippen LogP contribution in [0.4, 0.5) is 4.39 Å². The molecule has 1 atom stereocenters. The van der Waals surface area contributed by atoms with Gasteiger partial charge in [0.1, 0.15) is 36.6 Å². The molecule has 1 unspecified atom stereocenters. The quantitative estimate of drug-likeness (QED) is 0.838. The number of rotatable bonds is 7. The molecule has 4 nitrogen and oxygen atoms in total. The van der Waals surface area contributed by atoms with E-state index in [1.54, 1.807) is 18.4 Å². The molecule has 1 aromatic carbocycles. The molecule has 0 radical (unpaired) electrons. The van der Waals surface area contributed by atoms with Crippen molar-refractivity contribution in [1.82, 2.24) is 0 Å². The van der Waals surface area contributed by atoms with Crippen molar-refractivity contribution in [3.05, 3.63) is 52.6 Å². The van der Waals surface area contributed by atoms with Gasteiger partial charge in [-0.3, -0.25) is 0 Å². The first-order valence-electron chi connectivity index (χ1n) is 6.01. The number of ether oxygens (including phenoxy) is 2. The SMILES string of the molecule is OC(COCc1ccco1)COc1ccc(F)cc1Br. The third kappa shape index (κ3) is 4.63. The lowest BCUT2D eigenvalue weighted by molar-refractivity contribution is 0.000746. The van der Waals surface area contributed by atoms with Gasteiger partial charge in [0.25, 0.3) is 0 Å². The molecule has 2 aromatic rings. The van der Waals surface area contributed by atoms with E-state index < -0.39 is 6.10 Å². The summed E-state index contributed by atoms with van der Waals surface area (Å²) in [7, 11) is 0. The summed E-state index contributed by atoms with van der Waals surface area (Å²) in [5, 5.41) is 9.71. The summed E-state index contributed by atoms with van der Waals surface area (Å²) in [5.74, 6) is 0.808. The smallest absolute Gasteiger partial charge is 0.133 e. The van der Waals surface area contributed by atoms with E-state index in [0.29, 0.717) is 22.6 Å². The van der Waals surface area contributed by atoms with Crippen LogP contribution in [0.2, 0.25) is 0 Å². The molecule has 0 bridgehead atoms. The van der Waals surface area contributed by atoms with Crippen molar-refractivity contribution >= 4 is 15.9 Å². The predicted molar refractivity (Wildman–Crippen MR) is 74.0 cm³/mol. The summed E-state index contributed by atoms with van der Waals surface area (Å²) in [6.07, 6.45) is 0.784. The molecular weight excluding hydrogens is 331 g/mol. The van der Waals surface area contributed by atoms with Gasteiger partial charge in [0.05, 0.1) is 17.3 Å². The second-order valence-corrected chi connectivity index (χ2v) is 4.99. The van der Waals surface area contributed by atoms with Gasteiger partial charge in [0.2, 0.25) is 0 Å². The molecule has 1 heterocycles. The summed E-state index contributed by atoms with van der Waals surface area (Å²) in [6, 6.07) is 7.65. The highest BCUT2D eigenvalue weighted by Crippen LogP contribution is 2.25. The first-order chi connectivity index (χ1) is 9.65. The van der Waals surface area contributed by atoms with Crippen LogP contribution in [0.3, 0.4) is 0 Å². The first kappa shape index (κ1) is 15.0. The van der Waals surface area contributed by atoms with E-state index >= 15 is 0 Å². The highest BCUT2D eigenvalue weighted by molar-refractivity contribution is 9.10.